The van der Waals surface area contributed by atoms with Crippen molar-refractivity contribution in [1.82, 2.24) is 10.2 Å². The molecule has 0 radical (unpaired) electrons. The number of hydrogen-bond donors (Lipinski definition) is 1. The molecule has 1 aromatic heterocycles. The van der Waals surface area contributed by atoms with Gasteiger partial charge in [-0.25, -0.2) is 0 Å². The first-order valence-corrected chi connectivity index (χ1v) is 5.32. The molecule has 0 saturated heterocycles. The monoisotopic (exact) mass is 201 g/mol. The molecule has 0 bridgehead atoms. The minimum atomic E-state index is 0.580. The molecule has 0 aliphatic heterocycles. The van der Waals surface area contributed by atoms with Crippen molar-refractivity contribution < 1.29 is 4.74 Å². The molecule has 1 rings (SSSR count). The van der Waals surface area contributed by atoms with E-state index in [0.29, 0.717) is 6.61 Å². The van der Waals surface area contributed by atoms with Gasteiger partial charge in [0.25, 0.3) is 0 Å². The third kappa shape index (κ3) is 3.69. The van der Waals surface area contributed by atoms with Crippen molar-refractivity contribution in [3.63, 3.8) is 0 Å². The van der Waals surface area contributed by atoms with Crippen molar-refractivity contribution in [2.24, 2.45) is 0 Å². The molecule has 0 unspecified atom stereocenters. The number of hydrogen-bond acceptors (Lipinski definition) is 5. The predicted molar refractivity (Wildman–Crippen MR) is 54.0 cm³/mol. The van der Waals surface area contributed by atoms with Crippen molar-refractivity contribution >= 4 is 16.5 Å². The van der Waals surface area contributed by atoms with E-state index in [1.807, 2.05) is 6.92 Å². The molecule has 1 N–H and O–H groups in total. The Morgan fingerprint density at radius 2 is 2.23 bits per heavy atom. The second kappa shape index (κ2) is 5.88. The highest BCUT2D eigenvalue weighted by atomic mass is 32.1. The van der Waals surface area contributed by atoms with Crippen LogP contribution in [0.1, 0.15) is 25.3 Å². The quantitative estimate of drug-likeness (QED) is 0.714. The molecule has 5 heteroatoms. The SMILES string of the molecule is CCCOCc1nnc(NCC)s1. The van der Waals surface area contributed by atoms with Crippen LogP contribution in [-0.4, -0.2) is 23.3 Å². The van der Waals surface area contributed by atoms with Crippen LogP contribution >= 0.6 is 11.3 Å². The lowest BCUT2D eigenvalue weighted by Gasteiger charge is -1.96. The van der Waals surface area contributed by atoms with Crippen LogP contribution in [-0.2, 0) is 11.3 Å². The molecular weight excluding hydrogens is 186 g/mol. The fraction of sp³-hybridized carbons (Fsp3) is 0.750. The molecule has 0 fully saturated rings. The van der Waals surface area contributed by atoms with Gasteiger partial charge in [0, 0.05) is 13.2 Å². The predicted octanol–water partition coefficient (Wildman–Crippen LogP) is 1.90. The van der Waals surface area contributed by atoms with Gasteiger partial charge in [0.2, 0.25) is 5.13 Å². The molecule has 0 amide bonds. The fourth-order valence-corrected chi connectivity index (χ4v) is 1.58. The molecule has 0 spiro atoms. The summed E-state index contributed by atoms with van der Waals surface area (Å²) in [5.41, 5.74) is 0. The lowest BCUT2D eigenvalue weighted by molar-refractivity contribution is 0.121. The molecule has 0 aliphatic carbocycles. The van der Waals surface area contributed by atoms with E-state index in [1.165, 1.54) is 0 Å². The number of aromatic nitrogens is 2. The highest BCUT2D eigenvalue weighted by Crippen LogP contribution is 2.15. The summed E-state index contributed by atoms with van der Waals surface area (Å²) < 4.78 is 5.34. The lowest BCUT2D eigenvalue weighted by atomic mass is 10.5. The number of nitrogens with one attached hydrogen (secondary N) is 1. The van der Waals surface area contributed by atoms with E-state index in [2.05, 4.69) is 22.4 Å². The molecule has 1 heterocycles. The molecule has 1 aromatic rings. The van der Waals surface area contributed by atoms with Gasteiger partial charge in [-0.05, 0) is 13.3 Å². The average molecular weight is 201 g/mol. The molecule has 0 saturated carbocycles. The van der Waals surface area contributed by atoms with Crippen LogP contribution in [0.15, 0.2) is 0 Å². The maximum Gasteiger partial charge on any atom is 0.205 e. The van der Waals surface area contributed by atoms with E-state index in [0.717, 1.165) is 29.7 Å². The Bertz CT molecular complexity index is 239. The molecular formula is C8H15N3OS. The van der Waals surface area contributed by atoms with Crippen molar-refractivity contribution in [1.29, 1.82) is 0 Å². The molecule has 0 aromatic carbocycles. The van der Waals surface area contributed by atoms with Gasteiger partial charge in [0.05, 0.1) is 0 Å². The van der Waals surface area contributed by atoms with Gasteiger partial charge in [-0.15, -0.1) is 10.2 Å². The Morgan fingerprint density at radius 3 is 2.92 bits per heavy atom. The highest BCUT2D eigenvalue weighted by molar-refractivity contribution is 7.15. The van der Waals surface area contributed by atoms with Crippen molar-refractivity contribution in [2.45, 2.75) is 26.9 Å². The Hall–Kier alpha value is -0.680. The zero-order valence-corrected chi connectivity index (χ0v) is 8.86. The first-order chi connectivity index (χ1) is 6.36. The maximum absolute atomic E-state index is 5.34. The molecule has 4 nitrogen and oxygen atoms in total. The number of nitrogens with zero attached hydrogens (tertiary/aromatic N) is 2. The summed E-state index contributed by atoms with van der Waals surface area (Å²) in [6, 6.07) is 0. The summed E-state index contributed by atoms with van der Waals surface area (Å²) in [6.07, 6.45) is 1.04. The smallest absolute Gasteiger partial charge is 0.205 e. The second-order valence-electron chi connectivity index (χ2n) is 2.58. The summed E-state index contributed by atoms with van der Waals surface area (Å²) in [5.74, 6) is 0. The van der Waals surface area contributed by atoms with E-state index in [-0.39, 0.29) is 0 Å². The fourth-order valence-electron chi connectivity index (χ4n) is 0.838. The van der Waals surface area contributed by atoms with Gasteiger partial charge < -0.3 is 10.1 Å². The topological polar surface area (TPSA) is 47.0 Å². The van der Waals surface area contributed by atoms with Crippen LogP contribution in [0.3, 0.4) is 0 Å². The van der Waals surface area contributed by atoms with Crippen LogP contribution in [0.25, 0.3) is 0 Å². The van der Waals surface area contributed by atoms with E-state index >= 15 is 0 Å². The average Bonchev–Trinajstić information content (AvgIpc) is 2.54. The van der Waals surface area contributed by atoms with Crippen LogP contribution in [0.4, 0.5) is 5.13 Å². The van der Waals surface area contributed by atoms with E-state index < -0.39 is 0 Å². The third-order valence-corrected chi connectivity index (χ3v) is 2.22. The standard InChI is InChI=1S/C8H15N3OS/c1-3-5-12-6-7-10-11-8(13-7)9-4-2/h3-6H2,1-2H3,(H,9,11). The van der Waals surface area contributed by atoms with Gasteiger partial charge in [0.15, 0.2) is 0 Å². The zero-order valence-electron chi connectivity index (χ0n) is 8.04. The Labute approximate surface area is 82.3 Å². The van der Waals surface area contributed by atoms with Crippen LogP contribution in [0, 0.1) is 0 Å². The van der Waals surface area contributed by atoms with E-state index in [9.17, 15) is 0 Å². The molecule has 13 heavy (non-hydrogen) atoms. The Morgan fingerprint density at radius 1 is 1.38 bits per heavy atom. The van der Waals surface area contributed by atoms with Gasteiger partial charge in [-0.3, -0.25) is 0 Å². The molecule has 74 valence electrons. The number of ether oxygens (including phenoxy) is 1. The minimum Gasteiger partial charge on any atom is -0.374 e. The van der Waals surface area contributed by atoms with Gasteiger partial charge in [-0.1, -0.05) is 18.3 Å². The molecule has 0 aliphatic rings. The van der Waals surface area contributed by atoms with Gasteiger partial charge in [0.1, 0.15) is 11.6 Å². The maximum atomic E-state index is 5.34. The largest absolute Gasteiger partial charge is 0.374 e. The van der Waals surface area contributed by atoms with Crippen molar-refractivity contribution in [3.05, 3.63) is 5.01 Å². The summed E-state index contributed by atoms with van der Waals surface area (Å²) in [5, 5.41) is 12.9. The van der Waals surface area contributed by atoms with Crippen molar-refractivity contribution in [3.8, 4) is 0 Å². The zero-order chi connectivity index (χ0) is 9.52. The van der Waals surface area contributed by atoms with Crippen molar-refractivity contribution in [2.75, 3.05) is 18.5 Å². The Kier molecular flexibility index (Phi) is 4.70. The van der Waals surface area contributed by atoms with Crippen LogP contribution < -0.4 is 5.32 Å². The van der Waals surface area contributed by atoms with Crippen LogP contribution in [0.5, 0.6) is 0 Å². The minimum absolute atomic E-state index is 0.580. The number of rotatable bonds is 6. The first-order valence-electron chi connectivity index (χ1n) is 4.50. The molecule has 0 atom stereocenters. The third-order valence-electron chi connectivity index (χ3n) is 1.37. The number of anilines is 1. The normalized spacial score (nSPS) is 10.3. The second-order valence-corrected chi connectivity index (χ2v) is 3.65. The van der Waals surface area contributed by atoms with Gasteiger partial charge in [-0.2, -0.15) is 0 Å². The van der Waals surface area contributed by atoms with Gasteiger partial charge >= 0.3 is 0 Å². The first kappa shape index (κ1) is 10.4. The van der Waals surface area contributed by atoms with E-state index in [1.54, 1.807) is 11.3 Å². The van der Waals surface area contributed by atoms with Crippen LogP contribution in [0.2, 0.25) is 0 Å². The summed E-state index contributed by atoms with van der Waals surface area (Å²) in [6.45, 7) is 6.37. The highest BCUT2D eigenvalue weighted by Gasteiger charge is 2.01. The Balaban J connectivity index is 2.31. The van der Waals surface area contributed by atoms with E-state index in [4.69, 9.17) is 4.74 Å². The summed E-state index contributed by atoms with van der Waals surface area (Å²) >= 11 is 1.55. The lowest BCUT2D eigenvalue weighted by Crippen LogP contribution is -1.94. The summed E-state index contributed by atoms with van der Waals surface area (Å²) in [7, 11) is 0. The summed E-state index contributed by atoms with van der Waals surface area (Å²) in [4.78, 5) is 0.